The molecule has 1 aromatic heterocycles. The Morgan fingerprint density at radius 3 is 1.38 bits per heavy atom. The highest BCUT2D eigenvalue weighted by atomic mass is 16.3. The second kappa shape index (κ2) is 11.8. The number of fused-ring (bicyclic) bond motifs is 4. The summed E-state index contributed by atoms with van der Waals surface area (Å²) in [4.78, 5) is 2.37. The van der Waals surface area contributed by atoms with E-state index in [0.717, 1.165) is 55.5 Å². The molecule has 0 aliphatic heterocycles. The topological polar surface area (TPSA) is 16.4 Å². The standard InChI is InChI=1S/C46H31NO/c1-4-12-32(13-5-1)34-20-24-39(25-21-34)47(40-26-22-35(23-27-40)33-14-6-2-7-15-33)43-29-28-41(36-16-8-3-9-17-36)46-45(43)42-30-37-18-10-11-19-38(37)31-44(42)48-46/h1-31H. The van der Waals surface area contributed by atoms with Gasteiger partial charge in [-0.2, -0.15) is 0 Å². The molecule has 9 aromatic rings. The molecule has 0 saturated heterocycles. The monoisotopic (exact) mass is 613 g/mol. The first-order chi connectivity index (χ1) is 23.8. The van der Waals surface area contributed by atoms with E-state index in [4.69, 9.17) is 4.42 Å². The molecule has 226 valence electrons. The maximum absolute atomic E-state index is 6.84. The van der Waals surface area contributed by atoms with Crippen LogP contribution in [0.2, 0.25) is 0 Å². The van der Waals surface area contributed by atoms with E-state index >= 15 is 0 Å². The van der Waals surface area contributed by atoms with Crippen LogP contribution in [0.5, 0.6) is 0 Å². The van der Waals surface area contributed by atoms with E-state index < -0.39 is 0 Å². The average Bonchev–Trinajstić information content (AvgIpc) is 3.54. The van der Waals surface area contributed by atoms with Gasteiger partial charge in [-0.1, -0.05) is 140 Å². The van der Waals surface area contributed by atoms with Gasteiger partial charge >= 0.3 is 0 Å². The van der Waals surface area contributed by atoms with E-state index in [-0.39, 0.29) is 0 Å². The quantitative estimate of drug-likeness (QED) is 0.185. The number of nitrogens with zero attached hydrogens (tertiary/aromatic N) is 1. The lowest BCUT2D eigenvalue weighted by Gasteiger charge is -2.27. The van der Waals surface area contributed by atoms with Gasteiger partial charge in [-0.15, -0.1) is 0 Å². The summed E-state index contributed by atoms with van der Waals surface area (Å²) in [6.45, 7) is 0. The summed E-state index contributed by atoms with van der Waals surface area (Å²) >= 11 is 0. The Bertz CT molecular complexity index is 2430. The van der Waals surface area contributed by atoms with Gasteiger partial charge in [-0.05, 0) is 87.1 Å². The Hall–Kier alpha value is -6.38. The minimum Gasteiger partial charge on any atom is -0.455 e. The number of hydrogen-bond donors (Lipinski definition) is 0. The van der Waals surface area contributed by atoms with Crippen molar-refractivity contribution in [3.05, 3.63) is 188 Å². The molecule has 8 aromatic carbocycles. The zero-order valence-electron chi connectivity index (χ0n) is 26.3. The lowest BCUT2D eigenvalue weighted by molar-refractivity contribution is 0.670. The Kier molecular flexibility index (Phi) is 6.84. The number of benzene rings is 8. The third-order valence-corrected chi connectivity index (χ3v) is 9.26. The summed E-state index contributed by atoms with van der Waals surface area (Å²) in [5.41, 5.74) is 12.0. The van der Waals surface area contributed by atoms with Gasteiger partial charge < -0.3 is 9.32 Å². The Labute approximate surface area is 279 Å². The molecule has 0 bridgehead atoms. The maximum Gasteiger partial charge on any atom is 0.145 e. The van der Waals surface area contributed by atoms with Gasteiger partial charge in [0.05, 0.1) is 11.1 Å². The maximum atomic E-state index is 6.84. The molecule has 0 radical (unpaired) electrons. The molecule has 2 heteroatoms. The van der Waals surface area contributed by atoms with Crippen LogP contribution in [0.25, 0.3) is 66.1 Å². The van der Waals surface area contributed by atoms with Crippen molar-refractivity contribution in [3.8, 4) is 33.4 Å². The summed E-state index contributed by atoms with van der Waals surface area (Å²) in [7, 11) is 0. The Morgan fingerprint density at radius 2 is 0.833 bits per heavy atom. The molecule has 0 aliphatic carbocycles. The predicted octanol–water partition coefficient (Wildman–Crippen LogP) is 13.2. The summed E-state index contributed by atoms with van der Waals surface area (Å²) in [5.74, 6) is 0. The van der Waals surface area contributed by atoms with Crippen LogP contribution in [0, 0.1) is 0 Å². The van der Waals surface area contributed by atoms with Gasteiger partial charge in [0, 0.05) is 22.3 Å². The first kappa shape index (κ1) is 27.9. The normalized spacial score (nSPS) is 11.3. The molecule has 2 nitrogen and oxygen atoms in total. The molecule has 0 aliphatic rings. The van der Waals surface area contributed by atoms with Crippen LogP contribution in [0.3, 0.4) is 0 Å². The fourth-order valence-corrected chi connectivity index (χ4v) is 6.87. The minimum absolute atomic E-state index is 0.882. The number of anilines is 3. The van der Waals surface area contributed by atoms with Gasteiger partial charge in [-0.3, -0.25) is 0 Å². The fourth-order valence-electron chi connectivity index (χ4n) is 6.87. The highest BCUT2D eigenvalue weighted by molar-refractivity contribution is 6.19. The summed E-state index contributed by atoms with van der Waals surface area (Å²) in [6, 6.07) is 66.8. The van der Waals surface area contributed by atoms with Gasteiger partial charge in [0.1, 0.15) is 11.2 Å². The van der Waals surface area contributed by atoms with Crippen molar-refractivity contribution in [1.29, 1.82) is 0 Å². The van der Waals surface area contributed by atoms with E-state index in [1.54, 1.807) is 0 Å². The molecule has 0 fully saturated rings. The van der Waals surface area contributed by atoms with Crippen molar-refractivity contribution in [2.24, 2.45) is 0 Å². The second-order valence-corrected chi connectivity index (χ2v) is 12.2. The summed E-state index contributed by atoms with van der Waals surface area (Å²) in [6.07, 6.45) is 0. The summed E-state index contributed by atoms with van der Waals surface area (Å²) in [5, 5.41) is 4.55. The van der Waals surface area contributed by atoms with Crippen molar-refractivity contribution in [2.75, 3.05) is 4.90 Å². The largest absolute Gasteiger partial charge is 0.455 e. The zero-order valence-corrected chi connectivity index (χ0v) is 26.3. The van der Waals surface area contributed by atoms with Gasteiger partial charge in [0.15, 0.2) is 0 Å². The second-order valence-electron chi connectivity index (χ2n) is 12.2. The third kappa shape index (κ3) is 4.92. The first-order valence-electron chi connectivity index (χ1n) is 16.3. The first-order valence-corrected chi connectivity index (χ1v) is 16.3. The Morgan fingerprint density at radius 1 is 0.375 bits per heavy atom. The van der Waals surface area contributed by atoms with Crippen molar-refractivity contribution in [1.82, 2.24) is 0 Å². The van der Waals surface area contributed by atoms with Crippen LogP contribution in [-0.2, 0) is 0 Å². The van der Waals surface area contributed by atoms with Crippen molar-refractivity contribution in [2.45, 2.75) is 0 Å². The average molecular weight is 614 g/mol. The molecule has 1 heterocycles. The van der Waals surface area contributed by atoms with Crippen LogP contribution in [0.4, 0.5) is 17.1 Å². The zero-order chi connectivity index (χ0) is 31.9. The lowest BCUT2D eigenvalue weighted by Crippen LogP contribution is -2.10. The molecule has 48 heavy (non-hydrogen) atoms. The van der Waals surface area contributed by atoms with Gasteiger partial charge in [0.25, 0.3) is 0 Å². The van der Waals surface area contributed by atoms with E-state index in [0.29, 0.717) is 0 Å². The Balaban J connectivity index is 1.30. The lowest BCUT2D eigenvalue weighted by atomic mass is 9.98. The number of rotatable bonds is 6. The smallest absolute Gasteiger partial charge is 0.145 e. The fraction of sp³-hybridized carbons (Fsp3) is 0. The van der Waals surface area contributed by atoms with Gasteiger partial charge in [-0.25, -0.2) is 0 Å². The molecule has 9 rings (SSSR count). The molecule has 0 spiro atoms. The number of hydrogen-bond acceptors (Lipinski definition) is 2. The van der Waals surface area contributed by atoms with Crippen LogP contribution in [-0.4, -0.2) is 0 Å². The summed E-state index contributed by atoms with van der Waals surface area (Å²) < 4.78 is 6.84. The predicted molar refractivity (Wildman–Crippen MR) is 202 cm³/mol. The van der Waals surface area contributed by atoms with Crippen LogP contribution in [0.15, 0.2) is 192 Å². The third-order valence-electron chi connectivity index (χ3n) is 9.26. The van der Waals surface area contributed by atoms with Crippen molar-refractivity contribution in [3.63, 3.8) is 0 Å². The van der Waals surface area contributed by atoms with E-state index in [2.05, 4.69) is 193 Å². The molecule has 0 saturated carbocycles. The highest BCUT2D eigenvalue weighted by Gasteiger charge is 2.22. The molecule has 0 amide bonds. The van der Waals surface area contributed by atoms with Crippen molar-refractivity contribution >= 4 is 49.8 Å². The van der Waals surface area contributed by atoms with E-state index in [1.165, 1.54) is 27.6 Å². The van der Waals surface area contributed by atoms with Crippen LogP contribution < -0.4 is 4.90 Å². The number of furan rings is 1. The molecule has 0 unspecified atom stereocenters. The SMILES string of the molecule is c1ccc(-c2ccc(N(c3ccc(-c4ccccc4)cc3)c3ccc(-c4ccccc4)c4oc5cc6ccccc6cc5c34)cc2)cc1. The molecule has 0 atom stereocenters. The van der Waals surface area contributed by atoms with Crippen LogP contribution >= 0.6 is 0 Å². The van der Waals surface area contributed by atoms with E-state index in [9.17, 15) is 0 Å². The van der Waals surface area contributed by atoms with Gasteiger partial charge in [0.2, 0.25) is 0 Å². The molecular formula is C46H31NO. The molecule has 0 N–H and O–H groups in total. The van der Waals surface area contributed by atoms with Crippen LogP contribution in [0.1, 0.15) is 0 Å². The highest BCUT2D eigenvalue weighted by Crippen LogP contribution is 2.47. The minimum atomic E-state index is 0.882. The molecular weight excluding hydrogens is 583 g/mol. The van der Waals surface area contributed by atoms with E-state index in [1.807, 2.05) is 0 Å². The van der Waals surface area contributed by atoms with Crippen molar-refractivity contribution < 1.29 is 4.42 Å².